The topological polar surface area (TPSA) is 62.5 Å². The molecule has 1 aromatic heterocycles. The molecule has 0 unspecified atom stereocenters. The molecule has 0 bridgehead atoms. The lowest BCUT2D eigenvalue weighted by atomic mass is 10.1. The van der Waals surface area contributed by atoms with E-state index in [0.717, 1.165) is 39.7 Å². The number of aryl methyl sites for hydroxylation is 1. The molecule has 0 saturated carbocycles. The van der Waals surface area contributed by atoms with Gasteiger partial charge in [-0.2, -0.15) is 0 Å². The Labute approximate surface area is 165 Å². The predicted octanol–water partition coefficient (Wildman–Crippen LogP) is 6.02. The van der Waals surface area contributed by atoms with E-state index in [1.54, 1.807) is 0 Å². The van der Waals surface area contributed by atoms with E-state index < -0.39 is 7.60 Å². The molecule has 0 fully saturated rings. The first-order valence-corrected chi connectivity index (χ1v) is 11.4. The molecule has 0 atom stereocenters. The van der Waals surface area contributed by atoms with E-state index in [1.807, 2.05) is 28.8 Å². The first-order chi connectivity index (χ1) is 10.7. The van der Waals surface area contributed by atoms with Gasteiger partial charge >= 0.3 is 7.60 Å². The van der Waals surface area contributed by atoms with Crippen molar-refractivity contribution in [2.75, 3.05) is 6.16 Å². The lowest BCUT2D eigenvalue weighted by Gasteiger charge is -2.11. The standard InChI is InChI=1S/C14H10Br4NO3P/c15-7-3-9-10-4-8(16)6-12(18)14(10)19(1-2-23(20,21)22)13(9)11(17)5-7/h3-6H,1-2H2,(H2,20,21,22). The first kappa shape index (κ1) is 18.1. The highest BCUT2D eigenvalue weighted by atomic mass is 79.9. The molecule has 3 aromatic rings. The number of nitrogens with zero attached hydrogens (tertiary/aromatic N) is 1. The van der Waals surface area contributed by atoms with Crippen molar-refractivity contribution in [1.82, 2.24) is 4.57 Å². The van der Waals surface area contributed by atoms with Gasteiger partial charge in [-0.25, -0.2) is 0 Å². The molecule has 0 saturated heterocycles. The van der Waals surface area contributed by atoms with Crippen LogP contribution in [0.5, 0.6) is 0 Å². The Hall–Kier alpha value is 0.310. The average molecular weight is 591 g/mol. The SMILES string of the molecule is O=P(O)(O)CCn1c2c(Br)cc(Br)cc2c2cc(Br)cc(Br)c21. The number of benzene rings is 2. The summed E-state index contributed by atoms with van der Waals surface area (Å²) in [5, 5.41) is 2.02. The van der Waals surface area contributed by atoms with Crippen LogP contribution in [-0.4, -0.2) is 20.5 Å². The second kappa shape index (κ2) is 6.56. The molecule has 0 spiro atoms. The minimum atomic E-state index is -4.08. The molecule has 0 aliphatic carbocycles. The molecule has 0 aliphatic heterocycles. The lowest BCUT2D eigenvalue weighted by Crippen LogP contribution is -2.03. The van der Waals surface area contributed by atoms with Gasteiger partial charge < -0.3 is 14.4 Å². The van der Waals surface area contributed by atoms with Crippen LogP contribution >= 0.6 is 71.3 Å². The molecular formula is C14H10Br4NO3P. The van der Waals surface area contributed by atoms with E-state index in [2.05, 4.69) is 63.7 Å². The molecule has 9 heteroatoms. The van der Waals surface area contributed by atoms with Crippen molar-refractivity contribution in [2.45, 2.75) is 6.54 Å². The highest BCUT2D eigenvalue weighted by Crippen LogP contribution is 2.42. The van der Waals surface area contributed by atoms with Gasteiger partial charge in [0.15, 0.2) is 0 Å². The Balaban J connectivity index is 2.40. The van der Waals surface area contributed by atoms with Gasteiger partial charge in [0.1, 0.15) is 0 Å². The zero-order chi connectivity index (χ0) is 16.9. The number of rotatable bonds is 3. The van der Waals surface area contributed by atoms with Crippen molar-refractivity contribution in [2.24, 2.45) is 0 Å². The maximum absolute atomic E-state index is 11.3. The van der Waals surface area contributed by atoms with Crippen LogP contribution < -0.4 is 0 Å². The molecule has 122 valence electrons. The predicted molar refractivity (Wildman–Crippen MR) is 107 cm³/mol. The maximum Gasteiger partial charge on any atom is 0.327 e. The number of halogens is 4. The molecule has 2 N–H and O–H groups in total. The van der Waals surface area contributed by atoms with E-state index in [9.17, 15) is 14.4 Å². The third-order valence-electron chi connectivity index (χ3n) is 3.50. The molecule has 23 heavy (non-hydrogen) atoms. The first-order valence-electron chi connectivity index (χ1n) is 6.48. The van der Waals surface area contributed by atoms with E-state index in [1.165, 1.54) is 0 Å². The van der Waals surface area contributed by atoms with Crippen LogP contribution in [0, 0.1) is 0 Å². The van der Waals surface area contributed by atoms with Crippen LogP contribution in [0.1, 0.15) is 0 Å². The average Bonchev–Trinajstić information content (AvgIpc) is 2.70. The Morgan fingerprint density at radius 1 is 0.870 bits per heavy atom. The summed E-state index contributed by atoms with van der Waals surface area (Å²) in [5.74, 6) is 0. The Morgan fingerprint density at radius 2 is 1.30 bits per heavy atom. The van der Waals surface area contributed by atoms with Crippen LogP contribution in [0.15, 0.2) is 42.2 Å². The zero-order valence-corrected chi connectivity index (χ0v) is 18.7. The zero-order valence-electron chi connectivity index (χ0n) is 11.4. The van der Waals surface area contributed by atoms with Crippen molar-refractivity contribution >= 4 is 93.1 Å². The fourth-order valence-electron chi connectivity index (χ4n) is 2.66. The number of hydrogen-bond acceptors (Lipinski definition) is 1. The largest absolute Gasteiger partial charge is 0.338 e. The molecular weight excluding hydrogens is 581 g/mol. The lowest BCUT2D eigenvalue weighted by molar-refractivity contribution is 0.370. The summed E-state index contributed by atoms with van der Waals surface area (Å²) in [6, 6.07) is 7.88. The second-order valence-corrected chi connectivity index (χ2v) is 10.4. The number of fused-ring (bicyclic) bond motifs is 3. The van der Waals surface area contributed by atoms with Crippen molar-refractivity contribution in [3.8, 4) is 0 Å². The summed E-state index contributed by atoms with van der Waals surface area (Å²) in [4.78, 5) is 18.5. The summed E-state index contributed by atoms with van der Waals surface area (Å²) < 4.78 is 16.9. The van der Waals surface area contributed by atoms with Crippen molar-refractivity contribution in [1.29, 1.82) is 0 Å². The van der Waals surface area contributed by atoms with Crippen molar-refractivity contribution < 1.29 is 14.4 Å². The Morgan fingerprint density at radius 3 is 1.70 bits per heavy atom. The van der Waals surface area contributed by atoms with Crippen LogP contribution in [0.25, 0.3) is 21.8 Å². The third kappa shape index (κ3) is 3.64. The minimum Gasteiger partial charge on any atom is -0.338 e. The molecule has 0 radical (unpaired) electrons. The molecule has 0 amide bonds. The summed E-state index contributed by atoms with van der Waals surface area (Å²) in [6.45, 7) is 0.227. The molecule has 0 aliphatic rings. The summed E-state index contributed by atoms with van der Waals surface area (Å²) >= 11 is 14.1. The fourth-order valence-corrected chi connectivity index (χ4v) is 6.00. The smallest absolute Gasteiger partial charge is 0.327 e. The second-order valence-electron chi connectivity index (χ2n) is 5.11. The normalized spacial score (nSPS) is 12.4. The van der Waals surface area contributed by atoms with E-state index >= 15 is 0 Å². The molecule has 2 aromatic carbocycles. The van der Waals surface area contributed by atoms with Crippen molar-refractivity contribution in [3.05, 3.63) is 42.2 Å². The van der Waals surface area contributed by atoms with Crippen molar-refractivity contribution in [3.63, 3.8) is 0 Å². The third-order valence-corrected chi connectivity index (χ3v) is 6.41. The minimum absolute atomic E-state index is 0.211. The van der Waals surface area contributed by atoms with Gasteiger partial charge in [0.25, 0.3) is 0 Å². The van der Waals surface area contributed by atoms with Gasteiger partial charge in [-0.05, 0) is 56.1 Å². The van der Waals surface area contributed by atoms with E-state index in [0.29, 0.717) is 0 Å². The van der Waals surface area contributed by atoms with Gasteiger partial charge in [-0.15, -0.1) is 0 Å². The van der Waals surface area contributed by atoms with Gasteiger partial charge in [-0.1, -0.05) is 31.9 Å². The fraction of sp³-hybridized carbons (Fsp3) is 0.143. The van der Waals surface area contributed by atoms with Gasteiger partial charge in [0.2, 0.25) is 0 Å². The van der Waals surface area contributed by atoms with E-state index in [4.69, 9.17) is 0 Å². The highest BCUT2D eigenvalue weighted by Gasteiger charge is 2.20. The summed E-state index contributed by atoms with van der Waals surface area (Å²) in [7, 11) is -4.08. The summed E-state index contributed by atoms with van der Waals surface area (Å²) in [6.07, 6.45) is -0.211. The Bertz CT molecular complexity index is 914. The van der Waals surface area contributed by atoms with Crippen LogP contribution in [-0.2, 0) is 11.1 Å². The Kier molecular flexibility index (Phi) is 5.16. The number of hydrogen-bond donors (Lipinski definition) is 2. The highest BCUT2D eigenvalue weighted by molar-refractivity contribution is 9.11. The van der Waals surface area contributed by atoms with Crippen LogP contribution in [0.3, 0.4) is 0 Å². The van der Waals surface area contributed by atoms with E-state index in [-0.39, 0.29) is 12.7 Å². The number of aromatic nitrogens is 1. The molecule has 3 rings (SSSR count). The van der Waals surface area contributed by atoms with Gasteiger partial charge in [0, 0.05) is 35.2 Å². The van der Waals surface area contributed by atoms with Crippen LogP contribution in [0.2, 0.25) is 0 Å². The van der Waals surface area contributed by atoms with Gasteiger partial charge in [-0.3, -0.25) is 4.57 Å². The van der Waals surface area contributed by atoms with Gasteiger partial charge in [0.05, 0.1) is 17.2 Å². The monoisotopic (exact) mass is 587 g/mol. The molecule has 1 heterocycles. The van der Waals surface area contributed by atoms with Crippen LogP contribution in [0.4, 0.5) is 0 Å². The summed E-state index contributed by atoms with van der Waals surface area (Å²) in [5.41, 5.74) is 1.82. The quantitative estimate of drug-likeness (QED) is 0.367. The maximum atomic E-state index is 11.3. The molecule has 4 nitrogen and oxygen atoms in total.